The molecule has 130 valence electrons. The molecule has 0 aromatic carbocycles. The quantitative estimate of drug-likeness (QED) is 0.809. The number of ether oxygens (including phenoxy) is 1. The van der Waals surface area contributed by atoms with Crippen molar-refractivity contribution in [2.45, 2.75) is 32.1 Å². The Labute approximate surface area is 149 Å². The molecule has 1 aliphatic heterocycles. The average Bonchev–Trinajstić information content (AvgIpc) is 3.13. The van der Waals surface area contributed by atoms with Gasteiger partial charge in [0.1, 0.15) is 5.76 Å². The Morgan fingerprint density at radius 2 is 2.36 bits per heavy atom. The normalized spacial score (nSPS) is 20.0. The minimum Gasteiger partial charge on any atom is -0.468 e. The Bertz CT molecular complexity index is 786. The second-order valence-electron chi connectivity index (χ2n) is 5.69. The van der Waals surface area contributed by atoms with Crippen molar-refractivity contribution in [1.29, 1.82) is 5.26 Å². The maximum Gasteiger partial charge on any atom is 0.316 e. The molecule has 1 aromatic rings. The monoisotopic (exact) mass is 358 g/mol. The minimum atomic E-state index is -0.520. The van der Waals surface area contributed by atoms with Crippen molar-refractivity contribution in [1.82, 2.24) is 5.32 Å². The first-order valence-corrected chi connectivity index (χ1v) is 9.13. The highest BCUT2D eigenvalue weighted by Gasteiger charge is 2.38. The summed E-state index contributed by atoms with van der Waals surface area (Å²) >= 11 is 1.22. The number of carbonyl (C=O) groups is 2. The molecule has 0 amide bonds. The molecule has 0 saturated heterocycles. The second kappa shape index (κ2) is 7.62. The molecule has 3 rings (SSSR count). The van der Waals surface area contributed by atoms with E-state index in [9.17, 15) is 14.9 Å². The van der Waals surface area contributed by atoms with E-state index in [0.717, 1.165) is 18.5 Å². The summed E-state index contributed by atoms with van der Waals surface area (Å²) in [5.41, 5.74) is 1.83. The number of Topliss-reactive ketones (excluding diaryl/α,β-unsaturated/α-hetero) is 1. The van der Waals surface area contributed by atoms with Crippen molar-refractivity contribution in [2.24, 2.45) is 0 Å². The highest BCUT2D eigenvalue weighted by Crippen LogP contribution is 2.44. The predicted molar refractivity (Wildman–Crippen MR) is 92.2 cm³/mol. The minimum absolute atomic E-state index is 0.0392. The van der Waals surface area contributed by atoms with Crippen LogP contribution in [-0.4, -0.2) is 24.1 Å². The van der Waals surface area contributed by atoms with E-state index in [1.165, 1.54) is 18.0 Å². The number of carbonyl (C=O) groups excluding carboxylic acids is 2. The van der Waals surface area contributed by atoms with Crippen LogP contribution >= 0.6 is 11.8 Å². The topological polar surface area (TPSA) is 92.3 Å². The first kappa shape index (κ1) is 17.4. The summed E-state index contributed by atoms with van der Waals surface area (Å²) < 4.78 is 10.5. The Morgan fingerprint density at radius 1 is 1.52 bits per heavy atom. The van der Waals surface area contributed by atoms with Crippen LogP contribution in [0.15, 0.2) is 44.7 Å². The number of allylic oxidation sites excluding steroid dienone is 3. The molecule has 0 unspecified atom stereocenters. The fourth-order valence-electron chi connectivity index (χ4n) is 3.11. The van der Waals surface area contributed by atoms with E-state index in [2.05, 4.69) is 11.4 Å². The highest BCUT2D eigenvalue weighted by molar-refractivity contribution is 8.03. The van der Waals surface area contributed by atoms with Gasteiger partial charge in [-0.15, -0.1) is 0 Å². The molecule has 1 atom stereocenters. The zero-order valence-electron chi connectivity index (χ0n) is 13.8. The lowest BCUT2D eigenvalue weighted by molar-refractivity contribution is -0.139. The Hall–Kier alpha value is -2.46. The Balaban J connectivity index is 1.97. The highest BCUT2D eigenvalue weighted by atomic mass is 32.2. The third-order valence-electron chi connectivity index (χ3n) is 4.13. The lowest BCUT2D eigenvalue weighted by Gasteiger charge is -2.32. The third kappa shape index (κ3) is 3.49. The molecular formula is C18H18N2O4S. The summed E-state index contributed by atoms with van der Waals surface area (Å²) in [7, 11) is 0. The predicted octanol–water partition coefficient (Wildman–Crippen LogP) is 3.00. The largest absolute Gasteiger partial charge is 0.468 e. The van der Waals surface area contributed by atoms with Crippen molar-refractivity contribution in [3.05, 3.63) is 46.0 Å². The van der Waals surface area contributed by atoms with Gasteiger partial charge in [0.2, 0.25) is 0 Å². The van der Waals surface area contributed by atoms with Crippen molar-refractivity contribution in [3.8, 4) is 6.07 Å². The van der Waals surface area contributed by atoms with Crippen molar-refractivity contribution in [3.63, 3.8) is 0 Å². The molecule has 0 radical (unpaired) electrons. The number of nitrogens with one attached hydrogen (secondary N) is 1. The van der Waals surface area contributed by atoms with Gasteiger partial charge in [0, 0.05) is 17.7 Å². The smallest absolute Gasteiger partial charge is 0.316 e. The molecule has 7 heteroatoms. The van der Waals surface area contributed by atoms with E-state index in [4.69, 9.17) is 9.15 Å². The number of nitriles is 1. The van der Waals surface area contributed by atoms with E-state index in [-0.39, 0.29) is 17.5 Å². The zero-order valence-corrected chi connectivity index (χ0v) is 14.6. The van der Waals surface area contributed by atoms with Gasteiger partial charge in [0.15, 0.2) is 5.78 Å². The summed E-state index contributed by atoms with van der Waals surface area (Å²) in [6.07, 6.45) is 3.51. The van der Waals surface area contributed by atoms with Crippen LogP contribution in [0.5, 0.6) is 0 Å². The number of hydrogen-bond acceptors (Lipinski definition) is 7. The average molecular weight is 358 g/mol. The summed E-state index contributed by atoms with van der Waals surface area (Å²) in [6, 6.07) is 5.71. The van der Waals surface area contributed by atoms with Crippen LogP contribution in [0.2, 0.25) is 0 Å². The third-order valence-corrected chi connectivity index (χ3v) is 5.12. The Kier molecular flexibility index (Phi) is 5.29. The first-order chi connectivity index (χ1) is 12.2. The summed E-state index contributed by atoms with van der Waals surface area (Å²) in [4.78, 5) is 24.2. The molecule has 0 fully saturated rings. The molecule has 0 bridgehead atoms. The molecule has 0 saturated carbocycles. The van der Waals surface area contributed by atoms with E-state index >= 15 is 0 Å². The van der Waals surface area contributed by atoms with Crippen LogP contribution < -0.4 is 5.32 Å². The van der Waals surface area contributed by atoms with Crippen LogP contribution in [0, 0.1) is 11.3 Å². The van der Waals surface area contributed by atoms with Gasteiger partial charge < -0.3 is 14.5 Å². The molecular weight excluding hydrogens is 340 g/mol. The van der Waals surface area contributed by atoms with Crippen molar-refractivity contribution >= 4 is 23.5 Å². The number of nitrogens with zero attached hydrogens (tertiary/aromatic N) is 1. The molecule has 2 aliphatic rings. The van der Waals surface area contributed by atoms with E-state index in [0.29, 0.717) is 35.0 Å². The van der Waals surface area contributed by atoms with Gasteiger partial charge in [0.25, 0.3) is 0 Å². The maximum atomic E-state index is 12.5. The molecule has 2 heterocycles. The van der Waals surface area contributed by atoms with Crippen LogP contribution in [0.1, 0.15) is 37.9 Å². The number of furan rings is 1. The SMILES string of the molecule is CCOC(=O)CSC1=C(C#N)[C@@H](c2ccco2)C2=C(CCCC2=O)N1. The molecule has 6 nitrogen and oxygen atoms in total. The van der Waals surface area contributed by atoms with Crippen LogP contribution in [0.3, 0.4) is 0 Å². The number of dihydropyridines is 1. The van der Waals surface area contributed by atoms with Gasteiger partial charge in [-0.25, -0.2) is 0 Å². The molecule has 1 aliphatic carbocycles. The van der Waals surface area contributed by atoms with Gasteiger partial charge >= 0.3 is 5.97 Å². The number of rotatable bonds is 5. The van der Waals surface area contributed by atoms with Crippen molar-refractivity contribution < 1.29 is 18.7 Å². The summed E-state index contributed by atoms with van der Waals surface area (Å²) in [5.74, 6) is -0.155. The zero-order chi connectivity index (χ0) is 17.8. The molecule has 25 heavy (non-hydrogen) atoms. The summed E-state index contributed by atoms with van der Waals surface area (Å²) in [5, 5.41) is 13.5. The van der Waals surface area contributed by atoms with Crippen molar-refractivity contribution in [2.75, 3.05) is 12.4 Å². The number of hydrogen-bond donors (Lipinski definition) is 1. The Morgan fingerprint density at radius 3 is 3.04 bits per heavy atom. The van der Waals surface area contributed by atoms with Gasteiger partial charge in [-0.2, -0.15) is 5.26 Å². The summed E-state index contributed by atoms with van der Waals surface area (Å²) in [6.45, 7) is 2.06. The lowest BCUT2D eigenvalue weighted by atomic mass is 9.79. The number of thioether (sulfide) groups is 1. The fraction of sp³-hybridized carbons (Fsp3) is 0.389. The molecule has 1 N–H and O–H groups in total. The van der Waals surface area contributed by atoms with Gasteiger partial charge in [-0.05, 0) is 31.9 Å². The lowest BCUT2D eigenvalue weighted by Crippen LogP contribution is -2.31. The van der Waals surface area contributed by atoms with Gasteiger partial charge in [0.05, 0.1) is 41.2 Å². The van der Waals surface area contributed by atoms with Crippen LogP contribution in [-0.2, 0) is 14.3 Å². The van der Waals surface area contributed by atoms with Gasteiger partial charge in [-0.3, -0.25) is 9.59 Å². The van der Waals surface area contributed by atoms with Gasteiger partial charge in [-0.1, -0.05) is 11.8 Å². The molecule has 0 spiro atoms. The standard InChI is InChI=1S/C18H18N2O4S/c1-2-23-15(22)10-25-18-11(9-19)16(14-7-4-8-24-14)17-12(20-18)5-3-6-13(17)21/h4,7-8,16,20H,2-3,5-6,10H2,1H3/t16-/m0/s1. The van der Waals surface area contributed by atoms with Crippen LogP contribution in [0.25, 0.3) is 0 Å². The number of esters is 1. The van der Waals surface area contributed by atoms with E-state index < -0.39 is 5.92 Å². The first-order valence-electron chi connectivity index (χ1n) is 8.15. The maximum absolute atomic E-state index is 12.5. The molecule has 1 aromatic heterocycles. The number of ketones is 1. The van der Waals surface area contributed by atoms with E-state index in [1.54, 1.807) is 19.1 Å². The second-order valence-corrected chi connectivity index (χ2v) is 6.68. The fourth-order valence-corrected chi connectivity index (χ4v) is 3.97. The van der Waals surface area contributed by atoms with Crippen LogP contribution in [0.4, 0.5) is 0 Å². The van der Waals surface area contributed by atoms with E-state index in [1.807, 2.05) is 0 Å².